The smallest absolute Gasteiger partial charge is 0.229 e. The minimum atomic E-state index is -0.661. The zero-order valence-corrected chi connectivity index (χ0v) is 19.7. The van der Waals surface area contributed by atoms with Gasteiger partial charge in [0.2, 0.25) is 5.95 Å². The van der Waals surface area contributed by atoms with Gasteiger partial charge in [0, 0.05) is 29.4 Å². The van der Waals surface area contributed by atoms with Crippen molar-refractivity contribution in [2.75, 3.05) is 25.5 Å². The van der Waals surface area contributed by atoms with Gasteiger partial charge in [-0.1, -0.05) is 6.07 Å². The Balaban J connectivity index is 1.43. The van der Waals surface area contributed by atoms with Crippen molar-refractivity contribution in [1.82, 2.24) is 24.8 Å². The molecule has 0 spiro atoms. The molecule has 35 heavy (non-hydrogen) atoms. The molecule has 1 aliphatic heterocycles. The molecule has 5 rings (SSSR count). The largest absolute Gasteiger partial charge is 0.324 e. The number of nitrogens with one attached hydrogen (secondary N) is 1. The van der Waals surface area contributed by atoms with Crippen LogP contribution >= 0.6 is 0 Å². The highest BCUT2D eigenvalue weighted by Crippen LogP contribution is 2.31. The van der Waals surface area contributed by atoms with Gasteiger partial charge in [0.05, 0.1) is 6.20 Å². The maximum Gasteiger partial charge on any atom is 0.229 e. The molecular formula is C26H27F2N7. The molecule has 1 aliphatic rings. The zero-order valence-electron chi connectivity index (χ0n) is 19.7. The first kappa shape index (κ1) is 23.2. The number of hydrogen-bond donors (Lipinski definition) is 2. The number of piperidine rings is 1. The summed E-state index contributed by atoms with van der Waals surface area (Å²) in [7, 11) is 2.14. The van der Waals surface area contributed by atoms with Gasteiger partial charge < -0.3 is 16.0 Å². The molecule has 4 aromatic rings. The summed E-state index contributed by atoms with van der Waals surface area (Å²) < 4.78 is 29.6. The number of hydrogen-bond acceptors (Lipinski definition) is 7. The second kappa shape index (κ2) is 9.59. The van der Waals surface area contributed by atoms with Crippen LogP contribution in [0.15, 0.2) is 48.9 Å². The Bertz CT molecular complexity index is 1350. The Hall–Kier alpha value is -3.56. The average Bonchev–Trinajstić information content (AvgIpc) is 2.86. The number of aromatic nitrogens is 4. The highest BCUT2D eigenvalue weighted by molar-refractivity contribution is 5.87. The summed E-state index contributed by atoms with van der Waals surface area (Å²) >= 11 is 0. The van der Waals surface area contributed by atoms with Crippen LogP contribution in [0.3, 0.4) is 0 Å². The Labute approximate surface area is 202 Å². The van der Waals surface area contributed by atoms with Gasteiger partial charge in [0.1, 0.15) is 22.8 Å². The Morgan fingerprint density at radius 2 is 1.83 bits per heavy atom. The van der Waals surface area contributed by atoms with E-state index in [1.807, 2.05) is 12.3 Å². The number of pyridine rings is 2. The Kier molecular flexibility index (Phi) is 6.36. The van der Waals surface area contributed by atoms with Gasteiger partial charge in [-0.2, -0.15) is 0 Å². The number of nitrogens with two attached hydrogens (primary N) is 1. The number of halogens is 2. The third kappa shape index (κ3) is 4.82. The van der Waals surface area contributed by atoms with Gasteiger partial charge in [-0.25, -0.2) is 23.7 Å². The maximum absolute atomic E-state index is 14.9. The molecule has 0 bridgehead atoms. The van der Waals surface area contributed by atoms with E-state index in [1.165, 1.54) is 17.8 Å². The molecule has 1 aromatic carbocycles. The summed E-state index contributed by atoms with van der Waals surface area (Å²) in [6.45, 7) is 3.96. The molecule has 3 aromatic heterocycles. The topological polar surface area (TPSA) is 92.8 Å². The van der Waals surface area contributed by atoms with Crippen LogP contribution in [0.2, 0.25) is 0 Å². The molecule has 180 valence electrons. The highest BCUT2D eigenvalue weighted by Gasteiger charge is 2.19. The van der Waals surface area contributed by atoms with E-state index in [0.29, 0.717) is 17.1 Å². The summed E-state index contributed by atoms with van der Waals surface area (Å²) in [5.41, 5.74) is 8.42. The Morgan fingerprint density at radius 3 is 2.54 bits per heavy atom. The third-order valence-corrected chi connectivity index (χ3v) is 6.56. The zero-order chi connectivity index (χ0) is 24.5. The molecule has 4 heterocycles. The van der Waals surface area contributed by atoms with Crippen LogP contribution in [0.25, 0.3) is 22.2 Å². The van der Waals surface area contributed by atoms with Crippen molar-refractivity contribution in [1.29, 1.82) is 0 Å². The van der Waals surface area contributed by atoms with Crippen LogP contribution in [0.5, 0.6) is 0 Å². The lowest BCUT2D eigenvalue weighted by Gasteiger charge is -2.29. The van der Waals surface area contributed by atoms with Crippen LogP contribution in [-0.4, -0.2) is 45.0 Å². The summed E-state index contributed by atoms with van der Waals surface area (Å²) in [5.74, 6) is -0.0166. The van der Waals surface area contributed by atoms with Crippen molar-refractivity contribution in [3.63, 3.8) is 0 Å². The quantitative estimate of drug-likeness (QED) is 0.422. The van der Waals surface area contributed by atoms with Crippen molar-refractivity contribution in [2.45, 2.75) is 31.7 Å². The van der Waals surface area contributed by atoms with Crippen molar-refractivity contribution < 1.29 is 8.78 Å². The molecule has 0 radical (unpaired) electrons. The van der Waals surface area contributed by atoms with Gasteiger partial charge in [-0.15, -0.1) is 0 Å². The predicted octanol–water partition coefficient (Wildman–Crippen LogP) is 4.94. The fraction of sp³-hybridized carbons (Fsp3) is 0.308. The van der Waals surface area contributed by atoms with Crippen LogP contribution in [0, 0.1) is 11.6 Å². The van der Waals surface area contributed by atoms with E-state index < -0.39 is 11.6 Å². The molecule has 3 N–H and O–H groups in total. The van der Waals surface area contributed by atoms with Crippen molar-refractivity contribution in [3.05, 3.63) is 71.7 Å². The summed E-state index contributed by atoms with van der Waals surface area (Å²) in [6.07, 6.45) is 6.66. The molecule has 9 heteroatoms. The molecule has 1 unspecified atom stereocenters. The van der Waals surface area contributed by atoms with Gasteiger partial charge in [-0.3, -0.25) is 4.98 Å². The molecule has 7 nitrogen and oxygen atoms in total. The van der Waals surface area contributed by atoms with E-state index >= 15 is 0 Å². The Morgan fingerprint density at radius 1 is 1.03 bits per heavy atom. The van der Waals surface area contributed by atoms with Crippen LogP contribution in [0.4, 0.5) is 20.5 Å². The van der Waals surface area contributed by atoms with Crippen molar-refractivity contribution in [2.24, 2.45) is 5.73 Å². The van der Waals surface area contributed by atoms with Crippen LogP contribution < -0.4 is 11.1 Å². The maximum atomic E-state index is 14.9. The number of nitrogens with zero attached hydrogens (tertiary/aromatic N) is 5. The number of anilines is 2. The minimum Gasteiger partial charge on any atom is -0.324 e. The summed E-state index contributed by atoms with van der Waals surface area (Å²) in [6, 6.07) is 8.21. The monoisotopic (exact) mass is 475 g/mol. The molecule has 0 aliphatic carbocycles. The van der Waals surface area contributed by atoms with Gasteiger partial charge >= 0.3 is 0 Å². The standard InChI is InChI=1S/C26H27F2N7/c1-15(29)19-5-8-30-25-20(19)11-18(12-21(25)27)24-22(28)14-32-26(34-24)33-23-4-3-17(13-31-23)16-6-9-35(2)10-7-16/h3-5,8,11-16H,6-7,9-10,29H2,1-2H3,(H,31,32,33,34). The van der Waals surface area contributed by atoms with Gasteiger partial charge in [0.15, 0.2) is 5.82 Å². The van der Waals surface area contributed by atoms with E-state index in [4.69, 9.17) is 5.73 Å². The lowest BCUT2D eigenvalue weighted by atomic mass is 9.91. The second-order valence-electron chi connectivity index (χ2n) is 9.11. The number of benzene rings is 1. The normalized spacial score (nSPS) is 15.9. The van der Waals surface area contributed by atoms with Crippen LogP contribution in [-0.2, 0) is 0 Å². The van der Waals surface area contributed by atoms with Gasteiger partial charge in [-0.05, 0) is 81.2 Å². The van der Waals surface area contributed by atoms with E-state index in [1.54, 1.807) is 19.1 Å². The molecule has 1 fully saturated rings. The van der Waals surface area contributed by atoms with Gasteiger partial charge in [0.25, 0.3) is 0 Å². The summed E-state index contributed by atoms with van der Waals surface area (Å²) in [4.78, 5) is 19.3. The van der Waals surface area contributed by atoms with E-state index in [-0.39, 0.29) is 28.8 Å². The lowest BCUT2D eigenvalue weighted by molar-refractivity contribution is 0.255. The number of fused-ring (bicyclic) bond motifs is 1. The molecular weight excluding hydrogens is 448 g/mol. The summed E-state index contributed by atoms with van der Waals surface area (Å²) in [5, 5.41) is 3.55. The predicted molar refractivity (Wildman–Crippen MR) is 132 cm³/mol. The first-order chi connectivity index (χ1) is 16.9. The first-order valence-corrected chi connectivity index (χ1v) is 11.7. The highest BCUT2D eigenvalue weighted by atomic mass is 19.1. The fourth-order valence-electron chi connectivity index (χ4n) is 4.57. The molecule has 0 amide bonds. The molecule has 0 saturated carbocycles. The average molecular weight is 476 g/mol. The number of likely N-dealkylation sites (tertiary alicyclic amines) is 1. The number of rotatable bonds is 5. The SMILES string of the molecule is CC(N)c1ccnc2c(F)cc(-c3nc(Nc4ccc(C5CCN(C)CC5)cn4)ncc3F)cc12. The van der Waals surface area contributed by atoms with E-state index in [9.17, 15) is 8.78 Å². The van der Waals surface area contributed by atoms with Crippen LogP contribution in [0.1, 0.15) is 42.9 Å². The lowest BCUT2D eigenvalue weighted by Crippen LogP contribution is -2.29. The van der Waals surface area contributed by atoms with Crippen molar-refractivity contribution >= 4 is 22.7 Å². The molecule has 1 saturated heterocycles. The third-order valence-electron chi connectivity index (χ3n) is 6.56. The minimum absolute atomic E-state index is 0.0225. The van der Waals surface area contributed by atoms with E-state index in [0.717, 1.165) is 37.7 Å². The fourth-order valence-corrected chi connectivity index (χ4v) is 4.57. The van der Waals surface area contributed by atoms with E-state index in [2.05, 4.69) is 43.3 Å². The molecule has 1 atom stereocenters. The second-order valence-corrected chi connectivity index (χ2v) is 9.11. The first-order valence-electron chi connectivity index (χ1n) is 11.7. The van der Waals surface area contributed by atoms with Crippen molar-refractivity contribution in [3.8, 4) is 11.3 Å².